The summed E-state index contributed by atoms with van der Waals surface area (Å²) in [5.74, 6) is 0. The third kappa shape index (κ3) is 2.27. The van der Waals surface area contributed by atoms with Crippen LogP contribution in [0.5, 0.6) is 0 Å². The van der Waals surface area contributed by atoms with Gasteiger partial charge in [-0.25, -0.2) is 10.1 Å². The van der Waals surface area contributed by atoms with Crippen molar-refractivity contribution >= 4 is 11.7 Å². The fourth-order valence-corrected chi connectivity index (χ4v) is 0.650. The lowest BCUT2D eigenvalue weighted by molar-refractivity contribution is 0.255. The zero-order valence-electron chi connectivity index (χ0n) is 6.11. The number of carbonyl (C=O) groups is 1. The Kier molecular flexibility index (Phi) is 2.62. The molecule has 0 aliphatic carbocycles. The molecule has 1 aromatic rings. The summed E-state index contributed by atoms with van der Waals surface area (Å²) in [6, 6.07) is 2.79. The molecule has 12 heavy (non-hydrogen) atoms. The summed E-state index contributed by atoms with van der Waals surface area (Å²) in [4.78, 5) is 14.5. The van der Waals surface area contributed by atoms with Gasteiger partial charge in [-0.05, 0) is 12.1 Å². The number of pyridine rings is 1. The molecule has 5 heteroatoms. The topological polar surface area (TPSA) is 77.8 Å². The lowest BCUT2D eigenvalue weighted by Crippen LogP contribution is -2.23. The van der Waals surface area contributed by atoms with E-state index in [2.05, 4.69) is 10.3 Å². The first-order valence-electron chi connectivity index (χ1n) is 3.19. The van der Waals surface area contributed by atoms with Gasteiger partial charge in [0.2, 0.25) is 0 Å². The lowest BCUT2D eigenvalue weighted by Gasteiger charge is -1.99. The predicted octanol–water partition coefficient (Wildman–Crippen LogP) is 0.684. The Morgan fingerprint density at radius 1 is 1.67 bits per heavy atom. The monoisotopic (exact) mass is 162 g/mol. The minimum absolute atomic E-state index is 0.547. The fourth-order valence-electron chi connectivity index (χ4n) is 0.650. The van der Waals surface area contributed by atoms with Gasteiger partial charge in [-0.2, -0.15) is 5.26 Å². The molecule has 0 fully saturated rings. The molecule has 1 rings (SSSR count). The fraction of sp³-hybridized carbons (Fsp3) is 0. The summed E-state index contributed by atoms with van der Waals surface area (Å²) >= 11 is 0. The third-order valence-corrected chi connectivity index (χ3v) is 1.09. The highest BCUT2D eigenvalue weighted by molar-refractivity contribution is 5.89. The molecule has 0 saturated heterocycles. The van der Waals surface area contributed by atoms with Crippen molar-refractivity contribution in [1.29, 1.82) is 5.26 Å². The van der Waals surface area contributed by atoms with Gasteiger partial charge in [0.25, 0.3) is 0 Å². The van der Waals surface area contributed by atoms with Gasteiger partial charge in [0.1, 0.15) is 0 Å². The van der Waals surface area contributed by atoms with E-state index in [0.717, 1.165) is 0 Å². The highest BCUT2D eigenvalue weighted by Gasteiger charge is 1.97. The van der Waals surface area contributed by atoms with E-state index in [1.807, 2.05) is 5.32 Å². The molecular formula is C7H6N4O. The van der Waals surface area contributed by atoms with E-state index in [1.54, 1.807) is 18.3 Å². The second-order valence-corrected chi connectivity index (χ2v) is 1.93. The first-order chi connectivity index (χ1) is 5.83. The molecule has 0 aliphatic rings. The molecule has 0 atom stereocenters. The SMILES string of the molecule is N#CNC(=O)Nc1cccnc1. The van der Waals surface area contributed by atoms with Crippen LogP contribution < -0.4 is 10.6 Å². The van der Waals surface area contributed by atoms with Crippen LogP contribution in [0.3, 0.4) is 0 Å². The Morgan fingerprint density at radius 2 is 2.50 bits per heavy atom. The van der Waals surface area contributed by atoms with E-state index in [1.165, 1.54) is 12.4 Å². The molecule has 60 valence electrons. The Labute approximate surface area is 69.0 Å². The normalized spacial score (nSPS) is 8.25. The van der Waals surface area contributed by atoms with Gasteiger partial charge in [0.05, 0.1) is 11.9 Å². The average molecular weight is 162 g/mol. The number of amides is 2. The van der Waals surface area contributed by atoms with Crippen molar-refractivity contribution in [3.63, 3.8) is 0 Å². The largest absolute Gasteiger partial charge is 0.332 e. The number of carbonyl (C=O) groups excluding carboxylic acids is 1. The molecule has 0 bridgehead atoms. The number of hydrogen-bond donors (Lipinski definition) is 2. The van der Waals surface area contributed by atoms with Gasteiger partial charge < -0.3 is 5.32 Å². The maximum absolute atomic E-state index is 10.7. The number of nitrogens with zero attached hydrogens (tertiary/aromatic N) is 2. The van der Waals surface area contributed by atoms with E-state index in [4.69, 9.17) is 5.26 Å². The third-order valence-electron chi connectivity index (χ3n) is 1.09. The summed E-state index contributed by atoms with van der Waals surface area (Å²) in [6.45, 7) is 0. The van der Waals surface area contributed by atoms with Crippen molar-refractivity contribution in [3.05, 3.63) is 24.5 Å². The predicted molar refractivity (Wildman–Crippen MR) is 42.0 cm³/mol. The minimum Gasteiger partial charge on any atom is -0.306 e. The molecule has 0 saturated carbocycles. The molecule has 0 radical (unpaired) electrons. The number of hydrogen-bond acceptors (Lipinski definition) is 3. The quantitative estimate of drug-likeness (QED) is 0.471. The summed E-state index contributed by atoms with van der Waals surface area (Å²) in [5, 5.41) is 12.4. The number of anilines is 1. The molecule has 0 spiro atoms. The molecule has 2 N–H and O–H groups in total. The second-order valence-electron chi connectivity index (χ2n) is 1.93. The highest BCUT2D eigenvalue weighted by Crippen LogP contribution is 2.00. The molecule has 1 aromatic heterocycles. The van der Waals surface area contributed by atoms with Crippen LogP contribution in [0.25, 0.3) is 0 Å². The summed E-state index contributed by atoms with van der Waals surface area (Å²) in [7, 11) is 0. The van der Waals surface area contributed by atoms with Crippen LogP contribution in [0.15, 0.2) is 24.5 Å². The maximum atomic E-state index is 10.7. The number of rotatable bonds is 1. The number of aromatic nitrogens is 1. The van der Waals surface area contributed by atoms with E-state index in [-0.39, 0.29) is 0 Å². The Bertz CT molecular complexity index is 303. The van der Waals surface area contributed by atoms with Crippen molar-refractivity contribution in [2.24, 2.45) is 0 Å². The van der Waals surface area contributed by atoms with Crippen LogP contribution in [0.1, 0.15) is 0 Å². The molecule has 0 aromatic carbocycles. The summed E-state index contributed by atoms with van der Waals surface area (Å²) < 4.78 is 0. The molecule has 0 unspecified atom stereocenters. The van der Waals surface area contributed by atoms with Crippen molar-refractivity contribution in [1.82, 2.24) is 10.3 Å². The molecule has 1 heterocycles. The summed E-state index contributed by atoms with van der Waals surface area (Å²) in [5.41, 5.74) is 0.547. The van der Waals surface area contributed by atoms with Crippen LogP contribution in [-0.4, -0.2) is 11.0 Å². The zero-order valence-corrected chi connectivity index (χ0v) is 6.11. The van der Waals surface area contributed by atoms with Crippen LogP contribution in [0, 0.1) is 11.5 Å². The standard InChI is InChI=1S/C7H6N4O/c8-5-10-7(12)11-6-2-1-3-9-4-6/h1-4H,(H2,10,11,12). The number of nitrogens with one attached hydrogen (secondary N) is 2. The number of nitriles is 1. The van der Waals surface area contributed by atoms with Crippen LogP contribution >= 0.6 is 0 Å². The Balaban J connectivity index is 2.54. The van der Waals surface area contributed by atoms with E-state index >= 15 is 0 Å². The first-order valence-corrected chi connectivity index (χ1v) is 3.19. The van der Waals surface area contributed by atoms with Crippen molar-refractivity contribution < 1.29 is 4.79 Å². The van der Waals surface area contributed by atoms with Gasteiger partial charge in [0.15, 0.2) is 6.19 Å². The molecule has 0 aliphatic heterocycles. The molecule has 5 nitrogen and oxygen atoms in total. The van der Waals surface area contributed by atoms with Gasteiger partial charge in [-0.3, -0.25) is 4.98 Å². The smallest absolute Gasteiger partial charge is 0.306 e. The van der Waals surface area contributed by atoms with Crippen molar-refractivity contribution in [2.45, 2.75) is 0 Å². The lowest BCUT2D eigenvalue weighted by atomic mass is 10.4. The first kappa shape index (κ1) is 8.01. The Hall–Kier alpha value is -2.09. The van der Waals surface area contributed by atoms with Crippen LogP contribution in [0.4, 0.5) is 10.5 Å². The summed E-state index contributed by atoms with van der Waals surface area (Å²) in [6.07, 6.45) is 4.58. The van der Waals surface area contributed by atoms with E-state index in [9.17, 15) is 4.79 Å². The van der Waals surface area contributed by atoms with Gasteiger partial charge in [-0.1, -0.05) is 0 Å². The highest BCUT2D eigenvalue weighted by atomic mass is 16.2. The van der Waals surface area contributed by atoms with Crippen LogP contribution in [0.2, 0.25) is 0 Å². The van der Waals surface area contributed by atoms with Crippen molar-refractivity contribution in [2.75, 3.05) is 5.32 Å². The van der Waals surface area contributed by atoms with E-state index < -0.39 is 6.03 Å². The Morgan fingerprint density at radius 3 is 3.08 bits per heavy atom. The van der Waals surface area contributed by atoms with Crippen molar-refractivity contribution in [3.8, 4) is 6.19 Å². The zero-order chi connectivity index (χ0) is 8.81. The minimum atomic E-state index is -0.564. The maximum Gasteiger partial charge on any atom is 0.332 e. The molecular weight excluding hydrogens is 156 g/mol. The van der Waals surface area contributed by atoms with Crippen LogP contribution in [-0.2, 0) is 0 Å². The average Bonchev–Trinajstić information content (AvgIpc) is 2.06. The van der Waals surface area contributed by atoms with Gasteiger partial charge >= 0.3 is 6.03 Å². The molecule has 2 amide bonds. The second kappa shape index (κ2) is 3.93. The van der Waals surface area contributed by atoms with Gasteiger partial charge in [-0.15, -0.1) is 0 Å². The van der Waals surface area contributed by atoms with Gasteiger partial charge in [0, 0.05) is 6.20 Å². The van der Waals surface area contributed by atoms with E-state index in [0.29, 0.717) is 5.69 Å². The number of urea groups is 1.